The number of hydrogen-bond donors (Lipinski definition) is 2. The monoisotopic (exact) mass is 745 g/mol. The predicted octanol–water partition coefficient (Wildman–Crippen LogP) is 8.75. The molecule has 2 aliphatic heterocycles. The number of nitrogens with one attached hydrogen (secondary N) is 1. The van der Waals surface area contributed by atoms with Gasteiger partial charge in [0.1, 0.15) is 17.4 Å². The van der Waals surface area contributed by atoms with Crippen molar-refractivity contribution in [2.24, 2.45) is 10.9 Å². The van der Waals surface area contributed by atoms with Gasteiger partial charge in [-0.15, -0.1) is 0 Å². The third-order valence-electron chi connectivity index (χ3n) is 10.1. The molecule has 2 aromatic carbocycles. The number of amidine groups is 1. The maximum Gasteiger partial charge on any atom is 0.336 e. The van der Waals surface area contributed by atoms with E-state index < -0.39 is 17.8 Å². The number of nitrogens with zero attached hydrogens (tertiary/aromatic N) is 4. The van der Waals surface area contributed by atoms with Gasteiger partial charge in [-0.2, -0.15) is 0 Å². The summed E-state index contributed by atoms with van der Waals surface area (Å²) in [5.41, 5.74) is 4.73. The van der Waals surface area contributed by atoms with E-state index in [2.05, 4.69) is 21.3 Å². The molecule has 2 aliphatic carbocycles. The second-order valence-corrected chi connectivity index (χ2v) is 14.0. The molecule has 11 heteroatoms. The summed E-state index contributed by atoms with van der Waals surface area (Å²) in [6.45, 7) is 11.8. The van der Waals surface area contributed by atoms with Crippen molar-refractivity contribution in [3.63, 3.8) is 0 Å². The number of aromatic hydroxyl groups is 1. The average molecular weight is 746 g/mol. The Hall–Kier alpha value is -4.09. The highest BCUT2D eigenvalue weighted by Gasteiger charge is 2.46. The van der Waals surface area contributed by atoms with Crippen LogP contribution in [0.3, 0.4) is 0 Å². The molecule has 0 spiro atoms. The highest BCUT2D eigenvalue weighted by Crippen LogP contribution is 2.34. The van der Waals surface area contributed by atoms with Crippen LogP contribution in [0, 0.1) is 5.92 Å². The zero-order valence-electron chi connectivity index (χ0n) is 31.4. The lowest BCUT2D eigenvalue weighted by atomic mass is 9.88. The summed E-state index contributed by atoms with van der Waals surface area (Å²) in [5.74, 6) is -1.07. The Balaban J connectivity index is 0.00000266. The number of rotatable bonds is 10. The number of phenolic OH excluding ortho intramolecular Hbond substituents is 1. The molecule has 1 atom stereocenters. The van der Waals surface area contributed by atoms with Gasteiger partial charge in [0.15, 0.2) is 0 Å². The van der Waals surface area contributed by atoms with E-state index in [1.807, 2.05) is 62.4 Å². The molecule has 0 radical (unpaired) electrons. The van der Waals surface area contributed by atoms with Crippen molar-refractivity contribution in [1.82, 2.24) is 20.0 Å². The number of halogens is 2. The number of carbonyl (C=O) groups is 2. The third kappa shape index (κ3) is 10.1. The summed E-state index contributed by atoms with van der Waals surface area (Å²) in [6.07, 6.45) is 12.5. The number of allylic oxidation sites excluding steroid dienone is 6. The van der Waals surface area contributed by atoms with Crippen molar-refractivity contribution < 1.29 is 23.8 Å². The van der Waals surface area contributed by atoms with Crippen LogP contribution >= 0.6 is 11.6 Å². The van der Waals surface area contributed by atoms with Crippen molar-refractivity contribution in [3.05, 3.63) is 106 Å². The SMILES string of the molecule is CC.CC/C(F)=C\N=C1C(C)C(=O)N(C2CCC(NCc3ccc(Cl)cc3)CC2)C(=O)N1C1=CC=CC(c2ccc(O)cc2CN2CCOCC2)=CC1. The van der Waals surface area contributed by atoms with Gasteiger partial charge < -0.3 is 15.2 Å². The molecule has 0 aromatic heterocycles. The zero-order chi connectivity index (χ0) is 37.9. The lowest BCUT2D eigenvalue weighted by Gasteiger charge is -2.44. The van der Waals surface area contributed by atoms with Crippen LogP contribution in [0.5, 0.6) is 5.75 Å². The predicted molar refractivity (Wildman–Crippen MR) is 210 cm³/mol. The molecule has 1 saturated carbocycles. The van der Waals surface area contributed by atoms with E-state index in [0.29, 0.717) is 49.7 Å². The quantitative estimate of drug-likeness (QED) is 0.253. The Morgan fingerprint density at radius 1 is 1.08 bits per heavy atom. The molecule has 4 aliphatic rings. The number of benzene rings is 2. The molecule has 2 saturated heterocycles. The van der Waals surface area contributed by atoms with E-state index in [9.17, 15) is 19.1 Å². The summed E-state index contributed by atoms with van der Waals surface area (Å²) in [5, 5.41) is 14.7. The molecule has 6 rings (SSSR count). The number of aliphatic imine (C=N–C) groups is 1. The van der Waals surface area contributed by atoms with Gasteiger partial charge in [-0.3, -0.25) is 19.5 Å². The van der Waals surface area contributed by atoms with Crippen LogP contribution in [-0.4, -0.2) is 76.0 Å². The normalized spacial score (nSPS) is 23.7. The van der Waals surface area contributed by atoms with E-state index in [4.69, 9.17) is 16.3 Å². The van der Waals surface area contributed by atoms with Crippen molar-refractivity contribution in [1.29, 1.82) is 0 Å². The Morgan fingerprint density at radius 2 is 1.79 bits per heavy atom. The number of phenols is 1. The number of morpholine rings is 1. The van der Waals surface area contributed by atoms with Gasteiger partial charge in [0, 0.05) is 55.4 Å². The summed E-state index contributed by atoms with van der Waals surface area (Å²) < 4.78 is 19.9. The van der Waals surface area contributed by atoms with Gasteiger partial charge in [0.25, 0.3) is 0 Å². The average Bonchev–Trinajstić information content (AvgIpc) is 3.43. The van der Waals surface area contributed by atoms with E-state index in [-0.39, 0.29) is 36.0 Å². The van der Waals surface area contributed by atoms with Gasteiger partial charge in [-0.1, -0.05) is 68.8 Å². The van der Waals surface area contributed by atoms with Crippen LogP contribution in [0.1, 0.15) is 82.9 Å². The molecule has 2 heterocycles. The molecule has 3 fully saturated rings. The molecule has 1 unspecified atom stereocenters. The first kappa shape index (κ1) is 40.1. The third-order valence-corrected chi connectivity index (χ3v) is 10.4. The number of urea groups is 1. The number of ether oxygens (including phenoxy) is 1. The Bertz CT molecular complexity index is 1740. The number of carbonyl (C=O) groups excluding carboxylic acids is 2. The van der Waals surface area contributed by atoms with E-state index in [0.717, 1.165) is 60.9 Å². The summed E-state index contributed by atoms with van der Waals surface area (Å²) in [7, 11) is 0. The first-order valence-corrected chi connectivity index (χ1v) is 19.4. The minimum atomic E-state index is -0.752. The smallest absolute Gasteiger partial charge is 0.336 e. The summed E-state index contributed by atoms with van der Waals surface area (Å²) >= 11 is 6.04. The van der Waals surface area contributed by atoms with E-state index in [1.165, 1.54) is 9.80 Å². The standard InChI is InChI=1S/C40H47ClFN5O4.C2H6/c1-3-32(42)25-44-38-27(2)39(49)47(35-15-12-33(13-16-35)43-24-28-7-10-31(41)11-8-28)40(50)46(38)34-6-4-5-29(9-14-34)37-18-17-36(48)23-30(37)26-45-19-21-51-22-20-45;1-2/h4-11,17-18,23,25,27,33,35,43,48H,3,12-16,19-22,24,26H2,1-2H3;1-2H3/b32-25+,44-38?;. The fourth-order valence-electron chi connectivity index (χ4n) is 7.19. The van der Waals surface area contributed by atoms with Gasteiger partial charge in [0.2, 0.25) is 5.91 Å². The highest BCUT2D eigenvalue weighted by molar-refractivity contribution is 6.30. The molecule has 2 N–H and O–H groups in total. The largest absolute Gasteiger partial charge is 0.508 e. The van der Waals surface area contributed by atoms with Crippen molar-refractivity contribution >= 4 is 34.9 Å². The number of imide groups is 1. The Morgan fingerprint density at radius 3 is 2.49 bits per heavy atom. The van der Waals surface area contributed by atoms with Crippen molar-refractivity contribution in [2.75, 3.05) is 26.3 Å². The molecule has 3 amide bonds. The van der Waals surface area contributed by atoms with Crippen LogP contribution in [0.4, 0.5) is 9.18 Å². The van der Waals surface area contributed by atoms with Gasteiger partial charge in [0.05, 0.1) is 25.3 Å². The lowest BCUT2D eigenvalue weighted by Crippen LogP contribution is -2.62. The van der Waals surface area contributed by atoms with Crippen LogP contribution in [0.25, 0.3) is 5.57 Å². The first-order chi connectivity index (χ1) is 25.7. The Labute approximate surface area is 318 Å². The van der Waals surface area contributed by atoms with Crippen LogP contribution in [0.15, 0.2) is 89.5 Å². The minimum Gasteiger partial charge on any atom is -0.508 e. The molecule has 53 heavy (non-hydrogen) atoms. The molecular formula is C42H53ClFN5O4. The molecule has 284 valence electrons. The van der Waals surface area contributed by atoms with Crippen molar-refractivity contribution in [2.45, 2.75) is 91.4 Å². The summed E-state index contributed by atoms with van der Waals surface area (Å²) in [6, 6.07) is 12.8. The van der Waals surface area contributed by atoms with E-state index >= 15 is 0 Å². The first-order valence-electron chi connectivity index (χ1n) is 19.0. The van der Waals surface area contributed by atoms with Crippen LogP contribution < -0.4 is 5.32 Å². The second kappa shape index (κ2) is 19.3. The Kier molecular flexibility index (Phi) is 14.6. The molecular weight excluding hydrogens is 693 g/mol. The lowest BCUT2D eigenvalue weighted by molar-refractivity contribution is -0.134. The fraction of sp³-hybridized carbons (Fsp3) is 0.452. The fourth-order valence-corrected chi connectivity index (χ4v) is 7.32. The maximum absolute atomic E-state index is 14.5. The summed E-state index contributed by atoms with van der Waals surface area (Å²) in [4.78, 5) is 38.1. The second-order valence-electron chi connectivity index (χ2n) is 13.6. The number of hydrogen-bond acceptors (Lipinski definition) is 7. The molecule has 9 nitrogen and oxygen atoms in total. The molecule has 2 aromatic rings. The van der Waals surface area contributed by atoms with Crippen LogP contribution in [-0.2, 0) is 22.6 Å². The minimum absolute atomic E-state index is 0.158. The van der Waals surface area contributed by atoms with Gasteiger partial charge >= 0.3 is 6.03 Å². The van der Waals surface area contributed by atoms with Gasteiger partial charge in [-0.05, 0) is 91.6 Å². The highest BCUT2D eigenvalue weighted by atomic mass is 35.5. The molecule has 0 bridgehead atoms. The van der Waals surface area contributed by atoms with Gasteiger partial charge in [-0.25, -0.2) is 14.2 Å². The maximum atomic E-state index is 14.5. The zero-order valence-corrected chi connectivity index (χ0v) is 32.1. The van der Waals surface area contributed by atoms with E-state index in [1.54, 1.807) is 26.0 Å². The topological polar surface area (TPSA) is 97.7 Å². The number of amides is 3. The van der Waals surface area contributed by atoms with Crippen molar-refractivity contribution in [3.8, 4) is 5.75 Å². The van der Waals surface area contributed by atoms with Crippen LogP contribution in [0.2, 0.25) is 5.02 Å².